The lowest BCUT2D eigenvalue weighted by Crippen LogP contribution is -2.59. The fraction of sp³-hybridized carbons (Fsp3) is 0.727. The van der Waals surface area contributed by atoms with Crippen molar-refractivity contribution in [2.75, 3.05) is 19.6 Å². The van der Waals surface area contributed by atoms with Gasteiger partial charge in [-0.05, 0) is 93.4 Å². The monoisotopic (exact) mass is 406 g/mol. The Morgan fingerprint density at radius 2 is 1.64 bits per heavy atom. The van der Waals surface area contributed by atoms with Gasteiger partial charge in [0, 0.05) is 19.1 Å². The van der Waals surface area contributed by atoms with Crippen molar-refractivity contribution >= 4 is 10.0 Å². The van der Waals surface area contributed by atoms with Crippen molar-refractivity contribution < 1.29 is 12.8 Å². The van der Waals surface area contributed by atoms with Crippen LogP contribution in [0.15, 0.2) is 24.3 Å². The summed E-state index contributed by atoms with van der Waals surface area (Å²) in [7, 11) is -3.28. The highest BCUT2D eigenvalue weighted by molar-refractivity contribution is 7.90. The van der Waals surface area contributed by atoms with Gasteiger partial charge in [0.25, 0.3) is 0 Å². The number of rotatable bonds is 6. The standard InChI is InChI=1S/C22H31FN2O2S/c23-20-3-1-16(2-4-20)5-7-25-8-6-21(15-25)24-28(26,27)22-12-17-9-18(13-22)11-19(10-17)14-22/h1-4,17-19,21,24H,5-15H2/t17?,18?,19?,21-,22?/m0/s1. The highest BCUT2D eigenvalue weighted by atomic mass is 32.2. The summed E-state index contributed by atoms with van der Waals surface area (Å²) >= 11 is 0. The highest BCUT2D eigenvalue weighted by Gasteiger charge is 2.57. The van der Waals surface area contributed by atoms with E-state index >= 15 is 0 Å². The number of benzene rings is 1. The fourth-order valence-electron chi connectivity index (χ4n) is 6.77. The summed E-state index contributed by atoms with van der Waals surface area (Å²) < 4.78 is 42.5. The van der Waals surface area contributed by atoms with Crippen molar-refractivity contribution in [3.8, 4) is 0 Å². The maximum atomic E-state index is 13.4. The van der Waals surface area contributed by atoms with Crippen LogP contribution in [0.4, 0.5) is 4.39 Å². The number of likely N-dealkylation sites (tertiary alicyclic amines) is 1. The smallest absolute Gasteiger partial charge is 0.217 e. The van der Waals surface area contributed by atoms with Crippen LogP contribution >= 0.6 is 0 Å². The van der Waals surface area contributed by atoms with Gasteiger partial charge in [-0.25, -0.2) is 17.5 Å². The molecule has 0 unspecified atom stereocenters. The zero-order chi connectivity index (χ0) is 19.4. The van der Waals surface area contributed by atoms with Crippen molar-refractivity contribution in [2.24, 2.45) is 17.8 Å². The number of hydrogen-bond acceptors (Lipinski definition) is 3. The molecular formula is C22H31FN2O2S. The van der Waals surface area contributed by atoms with Crippen LogP contribution in [0.3, 0.4) is 0 Å². The highest BCUT2D eigenvalue weighted by Crippen LogP contribution is 2.58. The van der Waals surface area contributed by atoms with Gasteiger partial charge < -0.3 is 4.90 Å². The molecule has 0 radical (unpaired) electrons. The number of nitrogens with zero attached hydrogens (tertiary/aromatic N) is 1. The van der Waals surface area contributed by atoms with Gasteiger partial charge in [0.1, 0.15) is 5.82 Å². The van der Waals surface area contributed by atoms with E-state index < -0.39 is 14.8 Å². The predicted molar refractivity (Wildman–Crippen MR) is 108 cm³/mol. The van der Waals surface area contributed by atoms with E-state index in [0.717, 1.165) is 57.3 Å². The molecule has 1 N–H and O–H groups in total. The van der Waals surface area contributed by atoms with Gasteiger partial charge in [-0.1, -0.05) is 12.1 Å². The van der Waals surface area contributed by atoms with Crippen LogP contribution in [0.5, 0.6) is 0 Å². The maximum Gasteiger partial charge on any atom is 0.217 e. The van der Waals surface area contributed by atoms with Gasteiger partial charge in [-0.15, -0.1) is 0 Å². The maximum absolute atomic E-state index is 13.4. The molecule has 4 saturated carbocycles. The number of nitrogens with one attached hydrogen (secondary N) is 1. The Hall–Kier alpha value is -0.980. The minimum atomic E-state index is -3.28. The van der Waals surface area contributed by atoms with Gasteiger partial charge in [0.05, 0.1) is 4.75 Å². The molecule has 1 aromatic rings. The molecular weight excluding hydrogens is 375 g/mol. The van der Waals surface area contributed by atoms with E-state index in [1.165, 1.54) is 31.4 Å². The van der Waals surface area contributed by atoms with Crippen LogP contribution in [0.2, 0.25) is 0 Å². The zero-order valence-corrected chi connectivity index (χ0v) is 17.3. The summed E-state index contributed by atoms with van der Waals surface area (Å²) in [5, 5.41) is 0. The van der Waals surface area contributed by atoms with E-state index in [-0.39, 0.29) is 11.9 Å². The first-order valence-corrected chi connectivity index (χ1v) is 12.4. The average molecular weight is 407 g/mol. The molecule has 0 spiro atoms. The van der Waals surface area contributed by atoms with Crippen LogP contribution < -0.4 is 4.72 Å². The summed E-state index contributed by atoms with van der Waals surface area (Å²) in [5.41, 5.74) is 1.12. The second-order valence-corrected chi connectivity index (χ2v) is 12.0. The van der Waals surface area contributed by atoms with Crippen LogP contribution in [0.1, 0.15) is 50.5 Å². The Labute approximate surface area is 167 Å². The third-order valence-electron chi connectivity index (χ3n) is 7.78. The van der Waals surface area contributed by atoms with E-state index in [0.29, 0.717) is 17.8 Å². The fourth-order valence-corrected chi connectivity index (χ4v) is 9.02. The summed E-state index contributed by atoms with van der Waals surface area (Å²) in [4.78, 5) is 2.33. The second kappa shape index (κ2) is 7.06. The normalized spacial score (nSPS) is 37.6. The molecule has 5 aliphatic rings. The first kappa shape index (κ1) is 19.0. The summed E-state index contributed by atoms with van der Waals surface area (Å²) in [6.45, 7) is 2.60. The lowest BCUT2D eigenvalue weighted by atomic mass is 9.56. The lowest BCUT2D eigenvalue weighted by molar-refractivity contribution is 0.0332. The van der Waals surface area contributed by atoms with E-state index in [9.17, 15) is 12.8 Å². The Morgan fingerprint density at radius 1 is 1.04 bits per heavy atom. The van der Waals surface area contributed by atoms with Crippen molar-refractivity contribution in [2.45, 2.75) is 62.2 Å². The van der Waals surface area contributed by atoms with Gasteiger partial charge >= 0.3 is 0 Å². The molecule has 4 nitrogen and oxygen atoms in total. The quantitative estimate of drug-likeness (QED) is 0.788. The molecule has 5 fully saturated rings. The van der Waals surface area contributed by atoms with E-state index in [2.05, 4.69) is 9.62 Å². The molecule has 1 aromatic carbocycles. The van der Waals surface area contributed by atoms with E-state index in [1.54, 1.807) is 0 Å². The number of sulfonamides is 1. The molecule has 4 bridgehead atoms. The lowest BCUT2D eigenvalue weighted by Gasteiger charge is -2.55. The van der Waals surface area contributed by atoms with Crippen LogP contribution in [0.25, 0.3) is 0 Å². The summed E-state index contributed by atoms with van der Waals surface area (Å²) in [6, 6.07) is 6.70. The van der Waals surface area contributed by atoms with E-state index in [1.807, 2.05) is 12.1 Å². The molecule has 1 heterocycles. The number of hydrogen-bond donors (Lipinski definition) is 1. The second-order valence-electron chi connectivity index (χ2n) is 9.88. The zero-order valence-electron chi connectivity index (χ0n) is 16.4. The predicted octanol–water partition coefficient (Wildman–Crippen LogP) is 3.33. The van der Waals surface area contributed by atoms with Gasteiger partial charge in [0.2, 0.25) is 10.0 Å². The summed E-state index contributed by atoms with van der Waals surface area (Å²) in [5.74, 6) is 1.71. The Bertz CT molecular complexity index is 788. The molecule has 0 aromatic heterocycles. The van der Waals surface area contributed by atoms with Crippen molar-refractivity contribution in [3.63, 3.8) is 0 Å². The third kappa shape index (κ3) is 3.52. The molecule has 6 rings (SSSR count). The largest absolute Gasteiger partial charge is 0.301 e. The van der Waals surface area contributed by atoms with Crippen LogP contribution in [-0.2, 0) is 16.4 Å². The van der Waals surface area contributed by atoms with Crippen molar-refractivity contribution in [1.82, 2.24) is 9.62 Å². The third-order valence-corrected chi connectivity index (χ3v) is 10.1. The SMILES string of the molecule is O=S(=O)(N[C@H]1CCN(CCc2ccc(F)cc2)C1)C12CC3CC(CC(C3)C1)C2. The Balaban J connectivity index is 1.18. The summed E-state index contributed by atoms with van der Waals surface area (Å²) in [6.07, 6.45) is 8.18. The first-order chi connectivity index (χ1) is 13.4. The molecule has 28 heavy (non-hydrogen) atoms. The van der Waals surface area contributed by atoms with Crippen molar-refractivity contribution in [1.29, 1.82) is 0 Å². The minimum Gasteiger partial charge on any atom is -0.301 e. The Morgan fingerprint density at radius 3 is 2.25 bits per heavy atom. The molecule has 6 heteroatoms. The minimum absolute atomic E-state index is 0.0335. The molecule has 4 aliphatic carbocycles. The topological polar surface area (TPSA) is 49.4 Å². The number of halogens is 1. The van der Waals surface area contributed by atoms with Gasteiger partial charge in [0.15, 0.2) is 0 Å². The molecule has 1 atom stereocenters. The Kier molecular flexibility index (Phi) is 4.80. The first-order valence-electron chi connectivity index (χ1n) is 10.9. The molecule has 1 saturated heterocycles. The molecule has 1 aliphatic heterocycles. The van der Waals surface area contributed by atoms with Crippen LogP contribution in [-0.4, -0.2) is 43.7 Å². The van der Waals surface area contributed by atoms with Crippen LogP contribution in [0, 0.1) is 23.6 Å². The van der Waals surface area contributed by atoms with Crippen molar-refractivity contribution in [3.05, 3.63) is 35.6 Å². The molecule has 154 valence electrons. The van der Waals surface area contributed by atoms with E-state index in [4.69, 9.17) is 0 Å². The molecule has 0 amide bonds. The average Bonchev–Trinajstić information content (AvgIpc) is 3.07. The van der Waals surface area contributed by atoms with Gasteiger partial charge in [-0.2, -0.15) is 0 Å². The van der Waals surface area contributed by atoms with Gasteiger partial charge in [-0.3, -0.25) is 0 Å².